The van der Waals surface area contributed by atoms with Crippen molar-refractivity contribution in [3.8, 4) is 56.2 Å². The Labute approximate surface area is 346 Å². The molecule has 1 aliphatic rings. The minimum absolute atomic E-state index is 0.332. The van der Waals surface area contributed by atoms with E-state index in [4.69, 9.17) is 24.9 Å². The molecule has 60 heavy (non-hydrogen) atoms. The standard InChI is InChI=1S/C54H35N5O/c55-46-29-28-36-26-24-35-25-27-41(32-45(35)51(36)53(46)59-58-42-18-5-2-6-19-42)54-56-47(33-48(57-54)43-21-11-23-50-52(43)44-20-7-8-22-49(44)60-50)40-17-10-16-39(31-40)38-15-9-14-37(30-38)34-12-3-1-4-13-34/h1-33,55,58H/b55-46?,59-53+. The summed E-state index contributed by atoms with van der Waals surface area (Å²) < 4.78 is 6.34. The first-order valence-electron chi connectivity index (χ1n) is 19.9. The highest BCUT2D eigenvalue weighted by Crippen LogP contribution is 2.39. The number of aromatic nitrogens is 2. The fourth-order valence-electron chi connectivity index (χ4n) is 8.23. The maximum atomic E-state index is 8.94. The van der Waals surface area contributed by atoms with Crippen molar-refractivity contribution in [2.75, 3.05) is 5.43 Å². The number of rotatable bonds is 7. The van der Waals surface area contributed by atoms with E-state index in [1.165, 1.54) is 11.1 Å². The highest BCUT2D eigenvalue weighted by atomic mass is 16.3. The zero-order valence-corrected chi connectivity index (χ0v) is 32.3. The molecule has 0 saturated carbocycles. The molecule has 0 atom stereocenters. The van der Waals surface area contributed by atoms with E-state index in [-0.39, 0.29) is 0 Å². The Bertz CT molecular complexity index is 3360. The van der Waals surface area contributed by atoms with Gasteiger partial charge in [0, 0.05) is 33.0 Å². The Hall–Kier alpha value is -8.22. The summed E-state index contributed by atoms with van der Waals surface area (Å²) in [6.07, 6.45) is 3.79. The monoisotopic (exact) mass is 769 g/mol. The first-order valence-corrected chi connectivity index (χ1v) is 19.9. The zero-order valence-electron chi connectivity index (χ0n) is 32.3. The van der Waals surface area contributed by atoms with E-state index in [1.807, 2.05) is 72.8 Å². The van der Waals surface area contributed by atoms with Crippen molar-refractivity contribution in [2.24, 2.45) is 5.10 Å². The van der Waals surface area contributed by atoms with E-state index in [2.05, 4.69) is 127 Å². The highest BCUT2D eigenvalue weighted by molar-refractivity contribution is 6.55. The highest BCUT2D eigenvalue weighted by Gasteiger charge is 2.22. The van der Waals surface area contributed by atoms with Crippen molar-refractivity contribution in [2.45, 2.75) is 0 Å². The maximum absolute atomic E-state index is 8.94. The smallest absolute Gasteiger partial charge is 0.160 e. The summed E-state index contributed by atoms with van der Waals surface area (Å²) in [5, 5.41) is 17.8. The lowest BCUT2D eigenvalue weighted by Crippen LogP contribution is -2.19. The van der Waals surface area contributed by atoms with Crippen LogP contribution in [-0.4, -0.2) is 21.4 Å². The Morgan fingerprint density at radius 2 is 1.13 bits per heavy atom. The van der Waals surface area contributed by atoms with E-state index in [0.29, 0.717) is 17.2 Å². The quantitative estimate of drug-likeness (QED) is 0.158. The van der Waals surface area contributed by atoms with Gasteiger partial charge in [0.1, 0.15) is 16.9 Å². The number of furan rings is 1. The van der Waals surface area contributed by atoms with Crippen LogP contribution in [0, 0.1) is 5.41 Å². The van der Waals surface area contributed by atoms with Crippen molar-refractivity contribution in [3.63, 3.8) is 0 Å². The summed E-state index contributed by atoms with van der Waals surface area (Å²) >= 11 is 0. The molecule has 282 valence electrons. The number of fused-ring (bicyclic) bond motifs is 6. The molecule has 0 fully saturated rings. The lowest BCUT2D eigenvalue weighted by Gasteiger charge is -2.18. The van der Waals surface area contributed by atoms with Gasteiger partial charge in [0.2, 0.25) is 0 Å². The van der Waals surface area contributed by atoms with Crippen LogP contribution in [0.4, 0.5) is 5.69 Å². The van der Waals surface area contributed by atoms with Crippen LogP contribution in [0.1, 0.15) is 11.1 Å². The van der Waals surface area contributed by atoms with Crippen molar-refractivity contribution in [1.29, 1.82) is 5.41 Å². The van der Waals surface area contributed by atoms with Gasteiger partial charge in [0.25, 0.3) is 0 Å². The summed E-state index contributed by atoms with van der Waals surface area (Å²) in [5.41, 5.74) is 17.4. The molecule has 1 aliphatic carbocycles. The predicted octanol–water partition coefficient (Wildman–Crippen LogP) is 13.7. The van der Waals surface area contributed by atoms with Gasteiger partial charge in [-0.15, -0.1) is 0 Å². The Morgan fingerprint density at radius 1 is 0.483 bits per heavy atom. The van der Waals surface area contributed by atoms with E-state index in [9.17, 15) is 0 Å². The van der Waals surface area contributed by atoms with Crippen LogP contribution in [0.3, 0.4) is 0 Å². The molecule has 6 nitrogen and oxygen atoms in total. The lowest BCUT2D eigenvalue weighted by atomic mass is 9.88. The Kier molecular flexibility index (Phi) is 8.52. The van der Waals surface area contributed by atoms with E-state index < -0.39 is 0 Å². The van der Waals surface area contributed by atoms with Gasteiger partial charge in [-0.05, 0) is 93.2 Å². The molecule has 0 spiro atoms. The molecular formula is C54H35N5O. The average Bonchev–Trinajstić information content (AvgIpc) is 3.71. The van der Waals surface area contributed by atoms with Crippen LogP contribution in [0.5, 0.6) is 0 Å². The third-order valence-corrected chi connectivity index (χ3v) is 11.2. The molecule has 6 heteroatoms. The number of hydrazone groups is 1. The summed E-state index contributed by atoms with van der Waals surface area (Å²) in [6.45, 7) is 0. The molecular weight excluding hydrogens is 735 g/mol. The van der Waals surface area contributed by atoms with Crippen LogP contribution >= 0.6 is 0 Å². The van der Waals surface area contributed by atoms with Gasteiger partial charge < -0.3 is 4.42 Å². The number of anilines is 1. The third kappa shape index (κ3) is 6.33. The number of hydrogen-bond donors (Lipinski definition) is 2. The van der Waals surface area contributed by atoms with E-state index in [0.717, 1.165) is 88.7 Å². The molecule has 0 bridgehead atoms. The molecule has 0 aliphatic heterocycles. The molecule has 2 heterocycles. The van der Waals surface area contributed by atoms with Crippen molar-refractivity contribution >= 4 is 55.9 Å². The molecule has 0 radical (unpaired) electrons. The summed E-state index contributed by atoms with van der Waals surface area (Å²) in [4.78, 5) is 10.7. The van der Waals surface area contributed by atoms with E-state index in [1.54, 1.807) is 6.08 Å². The number of allylic oxidation sites excluding steroid dienone is 1. The Balaban J connectivity index is 1.09. The van der Waals surface area contributed by atoms with Crippen LogP contribution in [0.25, 0.3) is 94.9 Å². The van der Waals surface area contributed by atoms with Gasteiger partial charge in [0.05, 0.1) is 22.8 Å². The summed E-state index contributed by atoms with van der Waals surface area (Å²) in [7, 11) is 0. The fourth-order valence-corrected chi connectivity index (χ4v) is 8.23. The summed E-state index contributed by atoms with van der Waals surface area (Å²) in [5.74, 6) is 0.589. The average molecular weight is 770 g/mol. The largest absolute Gasteiger partial charge is 0.456 e. The van der Waals surface area contributed by atoms with E-state index >= 15 is 0 Å². The predicted molar refractivity (Wildman–Crippen MR) is 247 cm³/mol. The number of nitrogens with one attached hydrogen (secondary N) is 2. The normalized spacial score (nSPS) is 13.0. The van der Waals surface area contributed by atoms with Gasteiger partial charge in [0.15, 0.2) is 5.82 Å². The van der Waals surface area contributed by atoms with Gasteiger partial charge >= 0.3 is 0 Å². The molecule has 2 aromatic heterocycles. The first-order chi connectivity index (χ1) is 29.6. The second-order valence-corrected chi connectivity index (χ2v) is 14.9. The molecule has 0 unspecified atom stereocenters. The topological polar surface area (TPSA) is 87.2 Å². The van der Waals surface area contributed by atoms with Crippen LogP contribution in [0.15, 0.2) is 204 Å². The number of nitrogens with zero attached hydrogens (tertiary/aromatic N) is 3. The van der Waals surface area contributed by atoms with Crippen LogP contribution < -0.4 is 5.43 Å². The lowest BCUT2D eigenvalue weighted by molar-refractivity contribution is 0.669. The second kappa shape index (κ2) is 14.6. The molecule has 11 rings (SSSR count). The van der Waals surface area contributed by atoms with Crippen molar-refractivity contribution in [3.05, 3.63) is 205 Å². The minimum Gasteiger partial charge on any atom is -0.456 e. The van der Waals surface area contributed by atoms with Crippen LogP contribution in [0.2, 0.25) is 0 Å². The van der Waals surface area contributed by atoms with Gasteiger partial charge in [-0.2, -0.15) is 5.10 Å². The molecule has 2 N–H and O–H groups in total. The maximum Gasteiger partial charge on any atom is 0.160 e. The van der Waals surface area contributed by atoms with Gasteiger partial charge in [-0.25, -0.2) is 9.97 Å². The number of hydrogen-bond acceptors (Lipinski definition) is 6. The number of benzene rings is 8. The molecule has 8 aromatic carbocycles. The minimum atomic E-state index is 0.332. The van der Waals surface area contributed by atoms with Gasteiger partial charge in [-0.1, -0.05) is 146 Å². The van der Waals surface area contributed by atoms with Gasteiger partial charge in [-0.3, -0.25) is 10.8 Å². The molecule has 0 saturated heterocycles. The molecule has 0 amide bonds. The summed E-state index contributed by atoms with van der Waals surface area (Å²) in [6, 6.07) is 64.5. The molecule has 10 aromatic rings. The third-order valence-electron chi connectivity index (χ3n) is 11.2. The van der Waals surface area contributed by atoms with Crippen LogP contribution in [-0.2, 0) is 0 Å². The van der Waals surface area contributed by atoms with Crippen molar-refractivity contribution in [1.82, 2.24) is 9.97 Å². The van der Waals surface area contributed by atoms with Crippen molar-refractivity contribution < 1.29 is 4.42 Å². The zero-order chi connectivity index (χ0) is 40.0. The first kappa shape index (κ1) is 35.0. The number of para-hydroxylation sites is 2. The second-order valence-electron chi connectivity index (χ2n) is 14.9. The Morgan fingerprint density at radius 3 is 1.97 bits per heavy atom. The fraction of sp³-hybridized carbons (Fsp3) is 0. The SMILES string of the molecule is N=C1C=Cc2ccc3ccc(-c4nc(-c5cccc(-c6cccc(-c7ccccc7)c6)c5)cc(-c5cccc6oc7ccccc7c56)n4)cc3c2/C1=N/Nc1ccccc1.